The van der Waals surface area contributed by atoms with Crippen molar-refractivity contribution in [3.63, 3.8) is 0 Å². The first kappa shape index (κ1) is 12.4. The van der Waals surface area contributed by atoms with Crippen LogP contribution < -0.4 is 5.32 Å². The number of hydrogen-bond acceptors (Lipinski definition) is 2. The van der Waals surface area contributed by atoms with Crippen molar-refractivity contribution in [1.82, 2.24) is 5.32 Å². The van der Waals surface area contributed by atoms with Crippen molar-refractivity contribution in [3.05, 3.63) is 35.6 Å². The Kier molecular flexibility index (Phi) is 4.25. The summed E-state index contributed by atoms with van der Waals surface area (Å²) in [5, 5.41) is 11.1. The smallest absolute Gasteiger partial charge is 0.330 e. The van der Waals surface area contributed by atoms with Crippen LogP contribution in [-0.2, 0) is 9.59 Å². The Morgan fingerprint density at radius 2 is 1.94 bits per heavy atom. The maximum atomic E-state index is 12.6. The number of nitrogens with one attached hydrogen (secondary N) is 1. The summed E-state index contributed by atoms with van der Waals surface area (Å²) < 4.78 is 12.6. The third-order valence-corrected chi connectivity index (χ3v) is 2.12. The quantitative estimate of drug-likeness (QED) is 0.786. The van der Waals surface area contributed by atoms with Gasteiger partial charge in [-0.3, -0.25) is 4.79 Å². The number of carbonyl (C=O) groups is 2. The van der Waals surface area contributed by atoms with E-state index < -0.39 is 23.7 Å². The fourth-order valence-corrected chi connectivity index (χ4v) is 1.22. The maximum Gasteiger partial charge on any atom is 0.330 e. The number of carbonyl (C=O) groups excluding carboxylic acids is 1. The minimum atomic E-state index is -1.23. The van der Waals surface area contributed by atoms with Gasteiger partial charge in [-0.05, 0) is 17.7 Å². The molecule has 1 aromatic carbocycles. The maximum absolute atomic E-state index is 12.6. The van der Waals surface area contributed by atoms with Gasteiger partial charge in [0, 0.05) is 0 Å². The Morgan fingerprint density at radius 1 is 1.38 bits per heavy atom. The lowest BCUT2D eigenvalue weighted by Gasteiger charge is -2.13. The van der Waals surface area contributed by atoms with Gasteiger partial charge in [-0.15, -0.1) is 11.6 Å². The van der Waals surface area contributed by atoms with Crippen LogP contribution in [0, 0.1) is 5.82 Å². The van der Waals surface area contributed by atoms with Gasteiger partial charge in [0.1, 0.15) is 11.7 Å². The van der Waals surface area contributed by atoms with Crippen LogP contribution in [-0.4, -0.2) is 22.9 Å². The Hall–Kier alpha value is -1.62. The van der Waals surface area contributed by atoms with Crippen molar-refractivity contribution in [3.8, 4) is 0 Å². The molecule has 0 saturated carbocycles. The van der Waals surface area contributed by atoms with Crippen molar-refractivity contribution in [1.29, 1.82) is 0 Å². The topological polar surface area (TPSA) is 66.4 Å². The Balaban J connectivity index is 2.89. The van der Waals surface area contributed by atoms with Crippen molar-refractivity contribution in [2.24, 2.45) is 0 Å². The fourth-order valence-electron chi connectivity index (χ4n) is 1.14. The standard InChI is InChI=1S/C10H9ClFNO3/c11-5-8(14)13-9(10(15)16)6-1-3-7(12)4-2-6/h1-4,9H,5H2,(H,13,14)(H,15,16)/t9-/m0/s1. The van der Waals surface area contributed by atoms with E-state index in [9.17, 15) is 14.0 Å². The molecule has 0 heterocycles. The molecule has 0 fully saturated rings. The molecule has 0 spiro atoms. The van der Waals surface area contributed by atoms with E-state index in [4.69, 9.17) is 16.7 Å². The second-order valence-corrected chi connectivity index (χ2v) is 3.29. The molecule has 86 valence electrons. The summed E-state index contributed by atoms with van der Waals surface area (Å²) in [4.78, 5) is 21.9. The van der Waals surface area contributed by atoms with Crippen LogP contribution in [0.25, 0.3) is 0 Å². The molecule has 0 unspecified atom stereocenters. The second kappa shape index (κ2) is 5.46. The van der Waals surface area contributed by atoms with E-state index in [2.05, 4.69) is 5.32 Å². The second-order valence-electron chi connectivity index (χ2n) is 3.02. The van der Waals surface area contributed by atoms with Gasteiger partial charge in [0.05, 0.1) is 0 Å². The number of rotatable bonds is 4. The number of alkyl halides is 1. The van der Waals surface area contributed by atoms with Crippen LogP contribution in [0.15, 0.2) is 24.3 Å². The average Bonchev–Trinajstić information content (AvgIpc) is 2.26. The number of hydrogen-bond donors (Lipinski definition) is 2. The largest absolute Gasteiger partial charge is 0.479 e. The molecule has 1 amide bonds. The van der Waals surface area contributed by atoms with E-state index in [1.54, 1.807) is 0 Å². The van der Waals surface area contributed by atoms with E-state index in [1.165, 1.54) is 12.1 Å². The zero-order chi connectivity index (χ0) is 12.1. The molecule has 1 atom stereocenters. The van der Waals surface area contributed by atoms with Crippen LogP contribution in [0.5, 0.6) is 0 Å². The highest BCUT2D eigenvalue weighted by Crippen LogP contribution is 2.13. The zero-order valence-electron chi connectivity index (χ0n) is 8.11. The van der Waals surface area contributed by atoms with Gasteiger partial charge in [-0.2, -0.15) is 0 Å². The molecular formula is C10H9ClFNO3. The summed E-state index contributed by atoms with van der Waals surface area (Å²) in [6, 6.07) is 3.62. The molecule has 0 radical (unpaired) electrons. The van der Waals surface area contributed by atoms with E-state index >= 15 is 0 Å². The van der Waals surface area contributed by atoms with Crippen molar-refractivity contribution < 1.29 is 19.1 Å². The Labute approximate surface area is 96.0 Å². The molecule has 2 N–H and O–H groups in total. The minimum absolute atomic E-state index is 0.285. The molecule has 1 rings (SSSR count). The number of aliphatic carboxylic acids is 1. The molecule has 0 aliphatic rings. The van der Waals surface area contributed by atoms with Gasteiger partial charge in [-0.1, -0.05) is 12.1 Å². The summed E-state index contributed by atoms with van der Waals surface area (Å²) in [6.45, 7) is 0. The molecule has 6 heteroatoms. The number of benzene rings is 1. The summed E-state index contributed by atoms with van der Waals surface area (Å²) in [7, 11) is 0. The third kappa shape index (κ3) is 3.20. The fraction of sp³-hybridized carbons (Fsp3) is 0.200. The third-order valence-electron chi connectivity index (χ3n) is 1.88. The van der Waals surface area contributed by atoms with Gasteiger partial charge in [0.15, 0.2) is 6.04 Å². The van der Waals surface area contributed by atoms with Crippen molar-refractivity contribution in [2.45, 2.75) is 6.04 Å². The molecule has 4 nitrogen and oxygen atoms in total. The number of carboxylic acids is 1. The molecule has 1 aromatic rings. The first-order valence-electron chi connectivity index (χ1n) is 4.38. The number of carboxylic acid groups (broad SMARTS) is 1. The molecule has 0 bridgehead atoms. The monoisotopic (exact) mass is 245 g/mol. The molecule has 0 saturated heterocycles. The van der Waals surface area contributed by atoms with Crippen molar-refractivity contribution >= 4 is 23.5 Å². The SMILES string of the molecule is O=C(CCl)N[C@H](C(=O)O)c1ccc(F)cc1. The number of halogens is 2. The van der Waals surface area contributed by atoms with Gasteiger partial charge in [0.2, 0.25) is 5.91 Å². The van der Waals surface area contributed by atoms with Crippen LogP contribution in [0.2, 0.25) is 0 Å². The summed E-state index contributed by atoms with van der Waals surface area (Å²) in [5.41, 5.74) is 0.285. The predicted molar refractivity (Wildman–Crippen MR) is 55.6 cm³/mol. The van der Waals surface area contributed by atoms with Crippen molar-refractivity contribution in [2.75, 3.05) is 5.88 Å². The van der Waals surface area contributed by atoms with E-state index in [0.29, 0.717) is 0 Å². The van der Waals surface area contributed by atoms with Gasteiger partial charge < -0.3 is 10.4 Å². The first-order valence-corrected chi connectivity index (χ1v) is 4.91. The molecule has 0 aliphatic heterocycles. The lowest BCUT2D eigenvalue weighted by Crippen LogP contribution is -2.34. The van der Waals surface area contributed by atoms with Crippen LogP contribution >= 0.6 is 11.6 Å². The van der Waals surface area contributed by atoms with E-state index in [-0.39, 0.29) is 11.4 Å². The van der Waals surface area contributed by atoms with Gasteiger partial charge in [-0.25, -0.2) is 9.18 Å². The minimum Gasteiger partial charge on any atom is -0.479 e. The summed E-state index contributed by atoms with van der Waals surface area (Å²) >= 11 is 5.25. The highest BCUT2D eigenvalue weighted by atomic mass is 35.5. The van der Waals surface area contributed by atoms with Gasteiger partial charge >= 0.3 is 5.97 Å². The molecule has 0 aliphatic carbocycles. The van der Waals surface area contributed by atoms with E-state index in [1.807, 2.05) is 0 Å². The highest BCUT2D eigenvalue weighted by Gasteiger charge is 2.21. The molecule has 16 heavy (non-hydrogen) atoms. The molecule has 0 aromatic heterocycles. The highest BCUT2D eigenvalue weighted by molar-refractivity contribution is 6.27. The Morgan fingerprint density at radius 3 is 2.38 bits per heavy atom. The first-order chi connectivity index (χ1) is 7.54. The summed E-state index contributed by atoms with van der Waals surface area (Å²) in [5.74, 6) is -2.63. The molecular weight excluding hydrogens is 237 g/mol. The summed E-state index contributed by atoms with van der Waals surface area (Å²) in [6.07, 6.45) is 0. The Bertz CT molecular complexity index is 394. The van der Waals surface area contributed by atoms with Gasteiger partial charge in [0.25, 0.3) is 0 Å². The lowest BCUT2D eigenvalue weighted by atomic mass is 10.1. The van der Waals surface area contributed by atoms with E-state index in [0.717, 1.165) is 12.1 Å². The normalized spacial score (nSPS) is 11.9. The lowest BCUT2D eigenvalue weighted by molar-refractivity contribution is -0.141. The van der Waals surface area contributed by atoms with Crippen LogP contribution in [0.3, 0.4) is 0 Å². The average molecular weight is 246 g/mol. The number of amides is 1. The predicted octanol–water partition coefficient (Wildman–Crippen LogP) is 1.31. The zero-order valence-corrected chi connectivity index (χ0v) is 8.87. The van der Waals surface area contributed by atoms with Crippen LogP contribution in [0.1, 0.15) is 11.6 Å². The van der Waals surface area contributed by atoms with Crippen LogP contribution in [0.4, 0.5) is 4.39 Å².